The molecule has 0 saturated carbocycles. The molecule has 1 amide bonds. The zero-order valence-electron chi connectivity index (χ0n) is 42.8. The number of rotatable bonds is 52. The Labute approximate surface area is 398 Å². The van der Waals surface area contributed by atoms with Gasteiger partial charge in [0.15, 0.2) is 0 Å². The summed E-state index contributed by atoms with van der Waals surface area (Å²) in [5.41, 5.74) is 0. The molecule has 0 aromatic rings. The SMILES string of the molecule is CCCC/C=C\CCCCCCCC(=O)OCCCCCCCCCC/C=C\CCCCCCCCCC(=O)NC(CO)C(O)/C=C/CCCCCCCCCCCCCCCCC. The lowest BCUT2D eigenvalue weighted by atomic mass is 10.0. The van der Waals surface area contributed by atoms with Crippen LogP contribution in [-0.4, -0.2) is 47.4 Å². The van der Waals surface area contributed by atoms with Gasteiger partial charge in [0.25, 0.3) is 0 Å². The number of allylic oxidation sites excluding steroid dienone is 5. The highest BCUT2D eigenvalue weighted by Crippen LogP contribution is 2.16. The van der Waals surface area contributed by atoms with Gasteiger partial charge in [-0.3, -0.25) is 9.59 Å². The molecule has 0 aliphatic heterocycles. The minimum Gasteiger partial charge on any atom is -0.466 e. The highest BCUT2D eigenvalue weighted by Gasteiger charge is 2.18. The second kappa shape index (κ2) is 53.7. The summed E-state index contributed by atoms with van der Waals surface area (Å²) in [5, 5.41) is 23.1. The van der Waals surface area contributed by atoms with E-state index in [9.17, 15) is 19.8 Å². The van der Waals surface area contributed by atoms with Crippen molar-refractivity contribution in [3.8, 4) is 0 Å². The van der Waals surface area contributed by atoms with E-state index in [0.717, 1.165) is 51.4 Å². The van der Waals surface area contributed by atoms with Crippen LogP contribution in [-0.2, 0) is 14.3 Å². The van der Waals surface area contributed by atoms with E-state index in [1.807, 2.05) is 6.08 Å². The fraction of sp³-hybridized carbons (Fsp3) is 0.862. The summed E-state index contributed by atoms with van der Waals surface area (Å²) in [5.74, 6) is -0.0851. The Morgan fingerprint density at radius 3 is 1.16 bits per heavy atom. The third-order valence-electron chi connectivity index (χ3n) is 12.9. The summed E-state index contributed by atoms with van der Waals surface area (Å²) in [6.07, 6.45) is 65.9. The molecule has 64 heavy (non-hydrogen) atoms. The molecule has 0 bridgehead atoms. The van der Waals surface area contributed by atoms with Crippen LogP contribution < -0.4 is 5.32 Å². The van der Waals surface area contributed by atoms with Crippen LogP contribution in [0.1, 0.15) is 296 Å². The van der Waals surface area contributed by atoms with Crippen LogP contribution in [0.15, 0.2) is 36.5 Å². The van der Waals surface area contributed by atoms with Crippen molar-refractivity contribution in [2.75, 3.05) is 13.2 Å². The first-order valence-corrected chi connectivity index (χ1v) is 28.3. The van der Waals surface area contributed by atoms with Crippen molar-refractivity contribution in [1.29, 1.82) is 0 Å². The Balaban J connectivity index is 3.49. The maximum absolute atomic E-state index is 12.5. The van der Waals surface area contributed by atoms with Crippen LogP contribution >= 0.6 is 0 Å². The van der Waals surface area contributed by atoms with Crippen LogP contribution in [0.25, 0.3) is 0 Å². The van der Waals surface area contributed by atoms with E-state index in [-0.39, 0.29) is 18.5 Å². The second-order valence-electron chi connectivity index (χ2n) is 19.3. The van der Waals surface area contributed by atoms with E-state index >= 15 is 0 Å². The quantitative estimate of drug-likeness (QED) is 0.0321. The Kier molecular flexibility index (Phi) is 52.1. The lowest BCUT2D eigenvalue weighted by molar-refractivity contribution is -0.143. The van der Waals surface area contributed by atoms with Gasteiger partial charge >= 0.3 is 5.97 Å². The third kappa shape index (κ3) is 49.5. The van der Waals surface area contributed by atoms with Crippen molar-refractivity contribution in [1.82, 2.24) is 5.32 Å². The van der Waals surface area contributed by atoms with Gasteiger partial charge in [-0.05, 0) is 77.0 Å². The van der Waals surface area contributed by atoms with Gasteiger partial charge in [0, 0.05) is 12.8 Å². The molecular weight excluding hydrogens is 791 g/mol. The van der Waals surface area contributed by atoms with Crippen molar-refractivity contribution in [2.45, 2.75) is 309 Å². The molecule has 0 rings (SSSR count). The lowest BCUT2D eigenvalue weighted by Gasteiger charge is -2.20. The van der Waals surface area contributed by atoms with Crippen LogP contribution in [0.5, 0.6) is 0 Å². The summed E-state index contributed by atoms with van der Waals surface area (Å²) in [7, 11) is 0. The van der Waals surface area contributed by atoms with Gasteiger partial charge in [-0.2, -0.15) is 0 Å². The zero-order chi connectivity index (χ0) is 46.5. The molecule has 0 heterocycles. The molecule has 0 aromatic heterocycles. The van der Waals surface area contributed by atoms with Gasteiger partial charge in [0.1, 0.15) is 0 Å². The number of nitrogens with one attached hydrogen (secondary N) is 1. The standard InChI is InChI=1S/C58H109NO5/c1-3-5-7-9-11-13-15-16-17-21-24-27-31-34-38-42-46-50-56(61)55(54-60)59-57(62)51-47-43-39-35-32-28-25-22-19-18-20-23-26-29-33-37-41-45-49-53-64-58(63)52-48-44-40-36-30-14-12-10-8-6-4-2/h10,12,18-19,46,50,55-56,60-61H,3-9,11,13-17,20-45,47-49,51-54H2,1-2H3,(H,59,62)/b12-10-,19-18-,50-46+. The molecule has 0 fully saturated rings. The molecule has 0 radical (unpaired) electrons. The van der Waals surface area contributed by atoms with E-state index in [4.69, 9.17) is 4.74 Å². The van der Waals surface area contributed by atoms with Crippen LogP contribution in [0, 0.1) is 0 Å². The molecular formula is C58H109NO5. The van der Waals surface area contributed by atoms with Crippen molar-refractivity contribution in [3.05, 3.63) is 36.5 Å². The summed E-state index contributed by atoms with van der Waals surface area (Å²) in [6, 6.07) is -0.635. The normalized spacial score (nSPS) is 12.9. The van der Waals surface area contributed by atoms with Crippen molar-refractivity contribution in [3.63, 3.8) is 0 Å². The number of carbonyl (C=O) groups excluding carboxylic acids is 2. The van der Waals surface area contributed by atoms with Crippen molar-refractivity contribution < 1.29 is 24.5 Å². The number of amides is 1. The van der Waals surface area contributed by atoms with E-state index < -0.39 is 12.1 Å². The molecule has 0 aliphatic rings. The fourth-order valence-corrected chi connectivity index (χ4v) is 8.49. The molecule has 0 aromatic carbocycles. The highest BCUT2D eigenvalue weighted by atomic mass is 16.5. The minimum atomic E-state index is -0.851. The molecule has 2 unspecified atom stereocenters. The van der Waals surface area contributed by atoms with Gasteiger partial charge in [-0.25, -0.2) is 0 Å². The van der Waals surface area contributed by atoms with Crippen LogP contribution in [0.2, 0.25) is 0 Å². The smallest absolute Gasteiger partial charge is 0.305 e. The maximum Gasteiger partial charge on any atom is 0.305 e. The zero-order valence-corrected chi connectivity index (χ0v) is 42.8. The van der Waals surface area contributed by atoms with Crippen molar-refractivity contribution >= 4 is 11.9 Å². The molecule has 6 nitrogen and oxygen atoms in total. The number of carbonyl (C=O) groups is 2. The van der Waals surface area contributed by atoms with Gasteiger partial charge in [-0.15, -0.1) is 0 Å². The molecule has 0 spiro atoms. The molecule has 0 aliphatic carbocycles. The largest absolute Gasteiger partial charge is 0.466 e. The summed E-state index contributed by atoms with van der Waals surface area (Å²) in [4.78, 5) is 24.4. The van der Waals surface area contributed by atoms with E-state index in [0.29, 0.717) is 19.4 Å². The predicted octanol–water partition coefficient (Wildman–Crippen LogP) is 17.2. The van der Waals surface area contributed by atoms with Crippen LogP contribution in [0.3, 0.4) is 0 Å². The number of ether oxygens (including phenoxy) is 1. The molecule has 2 atom stereocenters. The second-order valence-corrected chi connectivity index (χ2v) is 19.3. The highest BCUT2D eigenvalue weighted by molar-refractivity contribution is 5.76. The Morgan fingerprint density at radius 1 is 0.422 bits per heavy atom. The van der Waals surface area contributed by atoms with E-state index in [1.54, 1.807) is 6.08 Å². The maximum atomic E-state index is 12.5. The van der Waals surface area contributed by atoms with E-state index in [2.05, 4.69) is 43.5 Å². The summed E-state index contributed by atoms with van der Waals surface area (Å²) in [6.45, 7) is 4.86. The summed E-state index contributed by atoms with van der Waals surface area (Å²) >= 11 is 0. The molecule has 3 N–H and O–H groups in total. The number of aliphatic hydroxyl groups is 2. The van der Waals surface area contributed by atoms with Crippen LogP contribution in [0.4, 0.5) is 0 Å². The molecule has 0 saturated heterocycles. The first kappa shape index (κ1) is 62.1. The van der Waals surface area contributed by atoms with Gasteiger partial charge in [0.05, 0.1) is 25.4 Å². The predicted molar refractivity (Wildman–Crippen MR) is 278 cm³/mol. The average molecular weight is 901 g/mol. The average Bonchev–Trinajstić information content (AvgIpc) is 3.29. The molecule has 6 heteroatoms. The van der Waals surface area contributed by atoms with Gasteiger partial charge in [0.2, 0.25) is 5.91 Å². The first-order valence-electron chi connectivity index (χ1n) is 28.3. The topological polar surface area (TPSA) is 95.9 Å². The van der Waals surface area contributed by atoms with Crippen molar-refractivity contribution in [2.24, 2.45) is 0 Å². The Hall–Kier alpha value is -1.92. The number of aliphatic hydroxyl groups excluding tert-OH is 2. The monoisotopic (exact) mass is 900 g/mol. The number of hydrogen-bond acceptors (Lipinski definition) is 5. The van der Waals surface area contributed by atoms with Gasteiger partial charge in [-0.1, -0.05) is 243 Å². The first-order chi connectivity index (χ1) is 31.5. The minimum absolute atomic E-state index is 0.00824. The number of hydrogen-bond donors (Lipinski definition) is 3. The third-order valence-corrected chi connectivity index (χ3v) is 12.9. The Bertz CT molecular complexity index is 1040. The van der Waals surface area contributed by atoms with E-state index in [1.165, 1.54) is 218 Å². The lowest BCUT2D eigenvalue weighted by Crippen LogP contribution is -2.45. The summed E-state index contributed by atoms with van der Waals surface area (Å²) < 4.78 is 5.45. The molecule has 376 valence electrons. The number of unbranched alkanes of at least 4 members (excludes halogenated alkanes) is 37. The number of esters is 1. The Morgan fingerprint density at radius 2 is 0.750 bits per heavy atom. The van der Waals surface area contributed by atoms with Gasteiger partial charge < -0.3 is 20.3 Å². The fourth-order valence-electron chi connectivity index (χ4n) is 8.49.